The monoisotopic (exact) mass is 442 g/mol. The van der Waals surface area contributed by atoms with Crippen LogP contribution in [0.15, 0.2) is 36.4 Å². The van der Waals surface area contributed by atoms with Crippen LogP contribution in [0.4, 0.5) is 13.2 Å². The highest BCUT2D eigenvalue weighted by Crippen LogP contribution is 2.35. The van der Waals surface area contributed by atoms with Gasteiger partial charge < -0.3 is 15.5 Å². The highest BCUT2D eigenvalue weighted by Gasteiger charge is 2.35. The van der Waals surface area contributed by atoms with E-state index in [9.17, 15) is 22.8 Å². The second kappa shape index (κ2) is 11.9. The first-order valence-corrected chi connectivity index (χ1v) is 10.4. The first-order chi connectivity index (χ1) is 14.7. The Morgan fingerprint density at radius 1 is 0.968 bits per heavy atom. The Morgan fingerprint density at radius 3 is 2.00 bits per heavy atom. The van der Waals surface area contributed by atoms with E-state index in [-0.39, 0.29) is 0 Å². The van der Waals surface area contributed by atoms with E-state index >= 15 is 0 Å². The summed E-state index contributed by atoms with van der Waals surface area (Å²) in [6, 6.07) is 6.91. The van der Waals surface area contributed by atoms with Gasteiger partial charge in [0.1, 0.15) is 0 Å². The summed E-state index contributed by atoms with van der Waals surface area (Å²) in [7, 11) is 0. The second-order valence-electron chi connectivity index (χ2n) is 7.76. The number of aliphatic carboxylic acids is 2. The van der Waals surface area contributed by atoms with Crippen molar-refractivity contribution >= 4 is 11.9 Å². The van der Waals surface area contributed by atoms with Gasteiger partial charge in [0.05, 0.1) is 5.56 Å². The zero-order chi connectivity index (χ0) is 22.9. The molecule has 0 atom stereocenters. The molecular formula is C22H29F3N2O4. The molecule has 2 fully saturated rings. The molecule has 1 aliphatic carbocycles. The van der Waals surface area contributed by atoms with Crippen LogP contribution in [0.5, 0.6) is 0 Å². The lowest BCUT2D eigenvalue weighted by atomic mass is 9.99. The molecule has 172 valence electrons. The molecule has 0 bridgehead atoms. The molecule has 0 aromatic heterocycles. The third-order valence-corrected chi connectivity index (χ3v) is 5.62. The number of halogens is 3. The summed E-state index contributed by atoms with van der Waals surface area (Å²) in [5.74, 6) is -2.51. The van der Waals surface area contributed by atoms with Crippen molar-refractivity contribution < 1.29 is 33.0 Å². The van der Waals surface area contributed by atoms with E-state index in [1.807, 2.05) is 0 Å². The van der Waals surface area contributed by atoms with E-state index in [1.54, 1.807) is 12.1 Å². The smallest absolute Gasteiger partial charge is 0.416 e. The van der Waals surface area contributed by atoms with Crippen molar-refractivity contribution in [1.29, 1.82) is 0 Å². The molecule has 0 amide bonds. The lowest BCUT2D eigenvalue weighted by Gasteiger charge is -2.39. The van der Waals surface area contributed by atoms with Gasteiger partial charge >= 0.3 is 18.1 Å². The van der Waals surface area contributed by atoms with Gasteiger partial charge in [0.25, 0.3) is 0 Å². The van der Waals surface area contributed by atoms with Crippen LogP contribution in [-0.2, 0) is 22.3 Å². The summed E-state index contributed by atoms with van der Waals surface area (Å²) < 4.78 is 39.9. The Kier molecular flexibility index (Phi) is 9.51. The number of carboxylic acids is 2. The maximum Gasteiger partial charge on any atom is 0.416 e. The maximum absolute atomic E-state index is 13.3. The van der Waals surface area contributed by atoms with E-state index in [0.717, 1.165) is 38.8 Å². The zero-order valence-electron chi connectivity index (χ0n) is 17.3. The molecule has 0 unspecified atom stereocenters. The number of alkyl halides is 3. The molecular weight excluding hydrogens is 413 g/mol. The summed E-state index contributed by atoms with van der Waals surface area (Å²) in [6.07, 6.45) is 3.56. The van der Waals surface area contributed by atoms with Crippen molar-refractivity contribution in [3.05, 3.63) is 47.5 Å². The maximum atomic E-state index is 13.3. The molecule has 1 heterocycles. The highest BCUT2D eigenvalue weighted by atomic mass is 19.4. The lowest BCUT2D eigenvalue weighted by molar-refractivity contribution is -0.138. The normalized spacial score (nSPS) is 18.2. The van der Waals surface area contributed by atoms with E-state index in [2.05, 4.69) is 10.2 Å². The molecule has 9 heteroatoms. The van der Waals surface area contributed by atoms with Gasteiger partial charge in [-0.3, -0.25) is 4.90 Å². The molecule has 1 saturated heterocycles. The van der Waals surface area contributed by atoms with E-state index in [1.165, 1.54) is 25.0 Å². The molecule has 1 aromatic rings. The van der Waals surface area contributed by atoms with Crippen LogP contribution in [0.25, 0.3) is 0 Å². The number of nitrogens with zero attached hydrogens (tertiary/aromatic N) is 1. The van der Waals surface area contributed by atoms with E-state index in [0.29, 0.717) is 36.3 Å². The average molecular weight is 442 g/mol. The molecule has 1 saturated carbocycles. The minimum absolute atomic E-state index is 0.403. The van der Waals surface area contributed by atoms with Crippen molar-refractivity contribution in [1.82, 2.24) is 10.2 Å². The second-order valence-corrected chi connectivity index (χ2v) is 7.76. The van der Waals surface area contributed by atoms with Crippen molar-refractivity contribution in [2.45, 2.75) is 63.3 Å². The molecule has 1 aliphatic heterocycles. The number of nitrogens with one attached hydrogen (secondary N) is 1. The zero-order valence-corrected chi connectivity index (χ0v) is 17.3. The molecule has 6 nitrogen and oxygen atoms in total. The van der Waals surface area contributed by atoms with Crippen molar-refractivity contribution in [2.75, 3.05) is 13.1 Å². The molecule has 3 N–H and O–H groups in total. The van der Waals surface area contributed by atoms with E-state index in [4.69, 9.17) is 10.2 Å². The molecule has 3 rings (SSSR count). The van der Waals surface area contributed by atoms with Gasteiger partial charge in [0.15, 0.2) is 0 Å². The quantitative estimate of drug-likeness (QED) is 0.579. The fourth-order valence-corrected chi connectivity index (χ4v) is 4.20. The summed E-state index contributed by atoms with van der Waals surface area (Å²) >= 11 is 0. The SMILES string of the molecule is FC(F)(F)c1ccccc1CN(C1CCCC1)C1CCNCC1.O=C(O)C=CC(=O)O. The van der Waals surface area contributed by atoms with Gasteiger partial charge in [-0.15, -0.1) is 0 Å². The third-order valence-electron chi connectivity index (χ3n) is 5.62. The number of carbonyl (C=O) groups is 2. The Morgan fingerprint density at radius 2 is 1.48 bits per heavy atom. The van der Waals surface area contributed by atoms with Gasteiger partial charge in [-0.1, -0.05) is 31.0 Å². The molecule has 31 heavy (non-hydrogen) atoms. The highest BCUT2D eigenvalue weighted by molar-refractivity contribution is 5.89. The van der Waals surface area contributed by atoms with Crippen LogP contribution in [0.3, 0.4) is 0 Å². The number of benzene rings is 1. The van der Waals surface area contributed by atoms with Gasteiger partial charge in [0, 0.05) is 30.8 Å². The number of hydrogen-bond donors (Lipinski definition) is 3. The molecule has 1 aromatic carbocycles. The number of hydrogen-bond acceptors (Lipinski definition) is 4. The summed E-state index contributed by atoms with van der Waals surface area (Å²) in [4.78, 5) is 21.5. The molecule has 0 spiro atoms. The standard InChI is InChI=1S/C18H25F3N2.C4H4O4/c19-18(20,21)17-8-4-1-5-14(17)13-23(15-6-2-3-7-15)16-9-11-22-12-10-16;5-3(6)1-2-4(7)8/h1,4-5,8,15-16,22H,2-3,6-7,9-13H2;1-2H,(H,5,6)(H,7,8). The topological polar surface area (TPSA) is 89.9 Å². The van der Waals surface area contributed by atoms with Crippen LogP contribution in [0, 0.1) is 0 Å². The van der Waals surface area contributed by atoms with Gasteiger partial charge in [0.2, 0.25) is 0 Å². The summed E-state index contributed by atoms with van der Waals surface area (Å²) in [5, 5.41) is 19.0. The first-order valence-electron chi connectivity index (χ1n) is 10.4. The lowest BCUT2D eigenvalue weighted by Crippen LogP contribution is -2.47. The van der Waals surface area contributed by atoms with Crippen LogP contribution >= 0.6 is 0 Å². The van der Waals surface area contributed by atoms with Gasteiger partial charge in [-0.2, -0.15) is 13.2 Å². The Balaban J connectivity index is 0.000000366. The number of piperidine rings is 1. The number of carboxylic acid groups (broad SMARTS) is 2. The minimum atomic E-state index is -4.27. The van der Waals surface area contributed by atoms with Crippen molar-refractivity contribution in [3.8, 4) is 0 Å². The van der Waals surface area contributed by atoms with E-state index < -0.39 is 23.7 Å². The van der Waals surface area contributed by atoms with Crippen LogP contribution in [0.1, 0.15) is 49.7 Å². The van der Waals surface area contributed by atoms with Gasteiger partial charge in [-0.25, -0.2) is 9.59 Å². The summed E-state index contributed by atoms with van der Waals surface area (Å²) in [5.41, 5.74) is -0.0534. The van der Waals surface area contributed by atoms with Crippen molar-refractivity contribution in [2.24, 2.45) is 0 Å². The fourth-order valence-electron chi connectivity index (χ4n) is 4.20. The van der Waals surface area contributed by atoms with Crippen LogP contribution in [0.2, 0.25) is 0 Å². The van der Waals surface area contributed by atoms with Crippen LogP contribution < -0.4 is 5.32 Å². The minimum Gasteiger partial charge on any atom is -0.478 e. The predicted molar refractivity (Wildman–Crippen MR) is 110 cm³/mol. The third kappa shape index (κ3) is 8.34. The number of rotatable bonds is 6. The largest absolute Gasteiger partial charge is 0.478 e. The Labute approximate surface area is 179 Å². The Hall–Kier alpha value is -2.39. The predicted octanol–water partition coefficient (Wildman–Crippen LogP) is 3.91. The fraction of sp³-hybridized carbons (Fsp3) is 0.545. The molecule has 0 radical (unpaired) electrons. The van der Waals surface area contributed by atoms with Crippen molar-refractivity contribution in [3.63, 3.8) is 0 Å². The molecule has 2 aliphatic rings. The van der Waals surface area contributed by atoms with Gasteiger partial charge in [-0.05, 0) is 50.4 Å². The average Bonchev–Trinajstić information content (AvgIpc) is 3.26. The summed E-state index contributed by atoms with van der Waals surface area (Å²) in [6.45, 7) is 2.36. The van der Waals surface area contributed by atoms with Crippen LogP contribution in [-0.4, -0.2) is 52.2 Å². The first kappa shape index (κ1) is 24.9. The Bertz CT molecular complexity index is 739.